The second-order valence-electron chi connectivity index (χ2n) is 8.04. The van der Waals surface area contributed by atoms with Gasteiger partial charge in [-0.05, 0) is 73.7 Å². The zero-order valence-corrected chi connectivity index (χ0v) is 18.4. The number of amides is 1. The van der Waals surface area contributed by atoms with E-state index < -0.39 is 5.91 Å². The highest BCUT2D eigenvalue weighted by atomic mass is 35.5. The van der Waals surface area contributed by atoms with Crippen molar-refractivity contribution < 1.29 is 4.79 Å². The Bertz CT molecular complexity index is 1040. The van der Waals surface area contributed by atoms with Crippen LogP contribution in [-0.4, -0.2) is 18.5 Å². The summed E-state index contributed by atoms with van der Waals surface area (Å²) >= 11 is 12.5. The van der Waals surface area contributed by atoms with Gasteiger partial charge in [-0.25, -0.2) is 0 Å². The molecule has 1 aliphatic heterocycles. The van der Waals surface area contributed by atoms with Crippen molar-refractivity contribution in [3.05, 3.63) is 63.1 Å². The highest BCUT2D eigenvalue weighted by Crippen LogP contribution is 2.44. The summed E-state index contributed by atoms with van der Waals surface area (Å²) in [4.78, 5) is 14.8. The largest absolute Gasteiger partial charge is 0.369 e. The number of nitrogens with zero attached hydrogens (tertiary/aromatic N) is 2. The van der Waals surface area contributed by atoms with Crippen molar-refractivity contribution in [2.45, 2.75) is 38.6 Å². The Balaban J connectivity index is 1.95. The molecule has 1 amide bonds. The van der Waals surface area contributed by atoms with Crippen LogP contribution in [0.4, 0.5) is 11.4 Å². The van der Waals surface area contributed by atoms with Gasteiger partial charge >= 0.3 is 0 Å². The van der Waals surface area contributed by atoms with Crippen LogP contribution in [0.1, 0.15) is 44.2 Å². The molecule has 4 nitrogen and oxygen atoms in total. The first kappa shape index (κ1) is 21.2. The van der Waals surface area contributed by atoms with Gasteiger partial charge in [0, 0.05) is 34.0 Å². The Hall–Kier alpha value is -2.48. The summed E-state index contributed by atoms with van der Waals surface area (Å²) in [6.07, 6.45) is 2.54. The molecule has 2 aromatic carbocycles. The molecule has 2 aromatic rings. The van der Waals surface area contributed by atoms with Crippen LogP contribution in [0.5, 0.6) is 0 Å². The van der Waals surface area contributed by atoms with Crippen LogP contribution in [0, 0.1) is 11.3 Å². The van der Waals surface area contributed by atoms with Gasteiger partial charge in [0.2, 0.25) is 0 Å². The molecule has 0 bridgehead atoms. The van der Waals surface area contributed by atoms with Crippen LogP contribution >= 0.6 is 23.2 Å². The highest BCUT2D eigenvalue weighted by molar-refractivity contribution is 6.32. The van der Waals surface area contributed by atoms with E-state index in [4.69, 9.17) is 23.2 Å². The van der Waals surface area contributed by atoms with Gasteiger partial charge in [0.05, 0.1) is 0 Å². The second kappa shape index (κ2) is 8.10. The predicted octanol–water partition coefficient (Wildman–Crippen LogP) is 6.26. The summed E-state index contributed by atoms with van der Waals surface area (Å²) < 4.78 is 0. The van der Waals surface area contributed by atoms with E-state index in [0.717, 1.165) is 17.7 Å². The fourth-order valence-electron chi connectivity index (χ4n) is 3.78. The van der Waals surface area contributed by atoms with Crippen molar-refractivity contribution in [1.82, 2.24) is 0 Å². The number of hydrogen-bond donors (Lipinski definition) is 1. The van der Waals surface area contributed by atoms with Gasteiger partial charge in [-0.2, -0.15) is 5.26 Å². The lowest BCUT2D eigenvalue weighted by Gasteiger charge is -2.45. The van der Waals surface area contributed by atoms with E-state index in [1.165, 1.54) is 6.08 Å². The third-order valence-electron chi connectivity index (χ3n) is 5.50. The van der Waals surface area contributed by atoms with Crippen molar-refractivity contribution in [2.75, 3.05) is 17.3 Å². The SMILES string of the molecule is CC1CC(C)(C)N(C)c2cc(Cl)c(/C=C(\C#N)C(=O)Nc3cccc(Cl)c3)cc21. The van der Waals surface area contributed by atoms with Gasteiger partial charge in [0.1, 0.15) is 11.6 Å². The van der Waals surface area contributed by atoms with Crippen molar-refractivity contribution in [3.8, 4) is 6.07 Å². The van der Waals surface area contributed by atoms with Crippen LogP contribution < -0.4 is 10.2 Å². The van der Waals surface area contributed by atoms with Crippen LogP contribution in [0.25, 0.3) is 6.08 Å². The van der Waals surface area contributed by atoms with Crippen molar-refractivity contribution >= 4 is 46.6 Å². The molecule has 6 heteroatoms. The molecule has 1 heterocycles. The van der Waals surface area contributed by atoms with E-state index in [9.17, 15) is 10.1 Å². The molecule has 0 aromatic heterocycles. The molecule has 29 heavy (non-hydrogen) atoms. The molecule has 1 aliphatic rings. The maximum Gasteiger partial charge on any atom is 0.266 e. The summed E-state index contributed by atoms with van der Waals surface area (Å²) in [5, 5.41) is 13.2. The molecule has 0 saturated heterocycles. The number of nitrogens with one attached hydrogen (secondary N) is 1. The van der Waals surface area contributed by atoms with Gasteiger partial charge in [0.15, 0.2) is 0 Å². The summed E-state index contributed by atoms with van der Waals surface area (Å²) in [6.45, 7) is 6.61. The van der Waals surface area contributed by atoms with Crippen molar-refractivity contribution in [1.29, 1.82) is 5.26 Å². The minimum absolute atomic E-state index is 0.0241. The molecule has 0 spiro atoms. The van der Waals surface area contributed by atoms with Gasteiger partial charge in [-0.1, -0.05) is 36.2 Å². The lowest BCUT2D eigenvalue weighted by atomic mass is 9.80. The number of benzene rings is 2. The molecule has 0 fully saturated rings. The van der Waals surface area contributed by atoms with Crippen molar-refractivity contribution in [3.63, 3.8) is 0 Å². The Morgan fingerprint density at radius 1 is 1.31 bits per heavy atom. The summed E-state index contributed by atoms with van der Waals surface area (Å²) in [5.41, 5.74) is 3.43. The summed E-state index contributed by atoms with van der Waals surface area (Å²) in [6, 6.07) is 12.7. The smallest absolute Gasteiger partial charge is 0.266 e. The second-order valence-corrected chi connectivity index (χ2v) is 8.89. The molecule has 1 unspecified atom stereocenters. The van der Waals surface area contributed by atoms with Crippen LogP contribution in [0.3, 0.4) is 0 Å². The summed E-state index contributed by atoms with van der Waals surface area (Å²) in [5.74, 6) is -0.165. The minimum Gasteiger partial charge on any atom is -0.369 e. The number of fused-ring (bicyclic) bond motifs is 1. The molecule has 1 atom stereocenters. The first-order valence-electron chi connectivity index (χ1n) is 9.38. The number of halogens is 2. The van der Waals surface area contributed by atoms with E-state index in [1.54, 1.807) is 24.3 Å². The van der Waals surface area contributed by atoms with Crippen LogP contribution in [0.2, 0.25) is 10.0 Å². The predicted molar refractivity (Wildman–Crippen MR) is 121 cm³/mol. The molecule has 150 valence electrons. The third-order valence-corrected chi connectivity index (χ3v) is 6.06. The first-order chi connectivity index (χ1) is 13.6. The van der Waals surface area contributed by atoms with E-state index in [-0.39, 0.29) is 11.1 Å². The van der Waals surface area contributed by atoms with Gasteiger partial charge in [-0.3, -0.25) is 4.79 Å². The summed E-state index contributed by atoms with van der Waals surface area (Å²) in [7, 11) is 2.07. The average Bonchev–Trinajstić information content (AvgIpc) is 2.64. The van der Waals surface area contributed by atoms with E-state index >= 15 is 0 Å². The molecule has 0 aliphatic carbocycles. The van der Waals surface area contributed by atoms with Gasteiger partial charge in [0.25, 0.3) is 5.91 Å². The molecule has 0 saturated carbocycles. The number of nitriles is 1. The monoisotopic (exact) mass is 427 g/mol. The molecule has 3 rings (SSSR count). The zero-order chi connectivity index (χ0) is 21.3. The van der Waals surface area contributed by atoms with Gasteiger partial charge in [-0.15, -0.1) is 0 Å². The van der Waals surface area contributed by atoms with Crippen molar-refractivity contribution in [2.24, 2.45) is 0 Å². The third kappa shape index (κ3) is 4.42. The fourth-order valence-corrected chi connectivity index (χ4v) is 4.19. The fraction of sp³-hybridized carbons (Fsp3) is 0.304. The topological polar surface area (TPSA) is 56.1 Å². The molecule has 1 N–H and O–H groups in total. The standard InChI is InChI=1S/C23H23Cl2N3O/c1-14-12-23(2,3)28(4)21-11-20(25)15(9-19(14)21)8-16(13-26)22(29)27-18-7-5-6-17(24)10-18/h5-11,14H,12H2,1-4H3,(H,27,29)/b16-8+. The number of rotatable bonds is 3. The van der Waals surface area contributed by atoms with Gasteiger partial charge < -0.3 is 10.2 Å². The molecule has 0 radical (unpaired) electrons. The number of anilines is 2. The quantitative estimate of drug-likeness (QED) is 0.464. The van der Waals surface area contributed by atoms with Crippen LogP contribution in [0.15, 0.2) is 42.0 Å². The Morgan fingerprint density at radius 2 is 2.03 bits per heavy atom. The normalized spacial score (nSPS) is 18.0. The number of carbonyl (C=O) groups excluding carboxylic acids is 1. The average molecular weight is 428 g/mol. The molecular formula is C23H23Cl2N3O. The number of carbonyl (C=O) groups is 1. The Morgan fingerprint density at radius 3 is 2.69 bits per heavy atom. The van der Waals surface area contributed by atoms with E-state index in [2.05, 4.69) is 38.0 Å². The maximum atomic E-state index is 12.6. The minimum atomic E-state index is -0.505. The lowest BCUT2D eigenvalue weighted by Crippen LogP contribution is -2.45. The maximum absolute atomic E-state index is 12.6. The van der Waals surface area contributed by atoms with Crippen LogP contribution in [-0.2, 0) is 4.79 Å². The van der Waals surface area contributed by atoms with E-state index in [0.29, 0.717) is 27.2 Å². The zero-order valence-electron chi connectivity index (χ0n) is 16.9. The number of hydrogen-bond acceptors (Lipinski definition) is 3. The Labute approximate surface area is 181 Å². The van der Waals surface area contributed by atoms with E-state index in [1.807, 2.05) is 18.2 Å². The molecular weight excluding hydrogens is 405 g/mol. The Kier molecular flexibility index (Phi) is 5.93. The first-order valence-corrected chi connectivity index (χ1v) is 10.1. The lowest BCUT2D eigenvalue weighted by molar-refractivity contribution is -0.112. The highest BCUT2D eigenvalue weighted by Gasteiger charge is 2.34.